The van der Waals surface area contributed by atoms with Crippen LogP contribution in [0.2, 0.25) is 0 Å². The van der Waals surface area contributed by atoms with Gasteiger partial charge in [-0.25, -0.2) is 0 Å². The van der Waals surface area contributed by atoms with Crippen LogP contribution in [0.1, 0.15) is 43.0 Å². The fourth-order valence-electron chi connectivity index (χ4n) is 4.64. The lowest BCUT2D eigenvalue weighted by Gasteiger charge is -2.40. The van der Waals surface area contributed by atoms with E-state index in [4.69, 9.17) is 0 Å². The van der Waals surface area contributed by atoms with Crippen molar-refractivity contribution in [3.8, 4) is 0 Å². The highest BCUT2D eigenvalue weighted by atomic mass is 16.2. The van der Waals surface area contributed by atoms with Gasteiger partial charge in [-0.1, -0.05) is 19.1 Å². The highest BCUT2D eigenvalue weighted by Gasteiger charge is 2.40. The van der Waals surface area contributed by atoms with E-state index in [0.717, 1.165) is 44.8 Å². The number of fused-ring (bicyclic) bond motifs is 1. The maximum absolute atomic E-state index is 12.8. The van der Waals surface area contributed by atoms with Crippen molar-refractivity contribution in [2.24, 2.45) is 0 Å². The van der Waals surface area contributed by atoms with Gasteiger partial charge in [-0.2, -0.15) is 0 Å². The number of hydrogen-bond acceptors (Lipinski definition) is 5. The highest BCUT2D eigenvalue weighted by molar-refractivity contribution is 6.02. The molecule has 1 aromatic rings. The molecule has 1 spiro atoms. The monoisotopic (exact) mass is 413 g/mol. The second-order valence-electron chi connectivity index (χ2n) is 8.49. The molecule has 0 aromatic heterocycles. The number of para-hydroxylation sites is 1. The first kappa shape index (κ1) is 20.7. The van der Waals surface area contributed by atoms with Gasteiger partial charge in [0.25, 0.3) is 5.91 Å². The Morgan fingerprint density at radius 2 is 1.80 bits per heavy atom. The van der Waals surface area contributed by atoms with Crippen LogP contribution in [-0.4, -0.2) is 83.9 Å². The lowest BCUT2D eigenvalue weighted by atomic mass is 9.95. The third kappa shape index (κ3) is 4.28. The maximum Gasteiger partial charge on any atom is 0.255 e. The number of carbonyl (C=O) groups excluding carboxylic acids is 3. The van der Waals surface area contributed by atoms with Crippen molar-refractivity contribution in [2.75, 3.05) is 51.1 Å². The molecule has 2 N–H and O–H groups in total. The number of hydrogen-bond donors (Lipinski definition) is 2. The summed E-state index contributed by atoms with van der Waals surface area (Å²) in [6.45, 7) is 7.02. The summed E-state index contributed by atoms with van der Waals surface area (Å²) in [5, 5.41) is 6.52. The summed E-state index contributed by atoms with van der Waals surface area (Å²) in [7, 11) is 0. The first-order valence-electron chi connectivity index (χ1n) is 11.0. The number of amides is 3. The fourth-order valence-corrected chi connectivity index (χ4v) is 4.64. The van der Waals surface area contributed by atoms with Gasteiger partial charge in [0.05, 0.1) is 12.1 Å². The van der Waals surface area contributed by atoms with Crippen LogP contribution in [0.15, 0.2) is 24.3 Å². The van der Waals surface area contributed by atoms with E-state index >= 15 is 0 Å². The zero-order valence-corrected chi connectivity index (χ0v) is 17.7. The smallest absolute Gasteiger partial charge is 0.255 e. The Morgan fingerprint density at radius 3 is 2.57 bits per heavy atom. The first-order valence-corrected chi connectivity index (χ1v) is 11.0. The van der Waals surface area contributed by atoms with E-state index < -0.39 is 5.66 Å². The normalized spacial score (nSPS) is 24.8. The average Bonchev–Trinajstić information content (AvgIpc) is 2.89. The minimum atomic E-state index is -0.648. The van der Waals surface area contributed by atoms with Crippen molar-refractivity contribution in [2.45, 2.75) is 38.3 Å². The van der Waals surface area contributed by atoms with Crippen molar-refractivity contribution in [1.29, 1.82) is 0 Å². The van der Waals surface area contributed by atoms with Crippen molar-refractivity contribution in [3.05, 3.63) is 29.8 Å². The van der Waals surface area contributed by atoms with Crippen molar-refractivity contribution >= 4 is 23.4 Å². The molecule has 3 aliphatic heterocycles. The van der Waals surface area contributed by atoms with Gasteiger partial charge in [0.15, 0.2) is 0 Å². The Bertz CT molecular complexity index is 821. The summed E-state index contributed by atoms with van der Waals surface area (Å²) in [5.74, 6) is -0.132. The average molecular weight is 414 g/mol. The number of benzene rings is 1. The molecule has 1 unspecified atom stereocenters. The molecule has 0 aliphatic carbocycles. The number of nitrogens with zero attached hydrogens (tertiary/aromatic N) is 3. The van der Waals surface area contributed by atoms with Gasteiger partial charge in [-0.15, -0.1) is 0 Å². The van der Waals surface area contributed by atoms with Gasteiger partial charge in [-0.05, 0) is 31.5 Å². The Morgan fingerprint density at radius 1 is 1.03 bits per heavy atom. The number of piperazine rings is 1. The van der Waals surface area contributed by atoms with Crippen molar-refractivity contribution in [3.63, 3.8) is 0 Å². The third-order valence-corrected chi connectivity index (χ3v) is 6.42. The van der Waals surface area contributed by atoms with E-state index in [9.17, 15) is 14.4 Å². The minimum Gasteiger partial charge on any atom is -0.362 e. The Labute approximate surface area is 177 Å². The van der Waals surface area contributed by atoms with Crippen LogP contribution in [0.25, 0.3) is 0 Å². The van der Waals surface area contributed by atoms with Gasteiger partial charge in [0.2, 0.25) is 11.8 Å². The molecule has 4 rings (SSSR count). The van der Waals surface area contributed by atoms with E-state index in [-0.39, 0.29) is 24.3 Å². The second-order valence-corrected chi connectivity index (χ2v) is 8.49. The van der Waals surface area contributed by atoms with E-state index in [0.29, 0.717) is 31.4 Å². The Hall–Kier alpha value is -2.61. The molecule has 30 heavy (non-hydrogen) atoms. The molecule has 162 valence electrons. The molecule has 1 aromatic carbocycles. The zero-order chi connectivity index (χ0) is 21.1. The summed E-state index contributed by atoms with van der Waals surface area (Å²) in [6, 6.07) is 7.41. The number of likely N-dealkylation sites (tertiary alicyclic amines) is 1. The van der Waals surface area contributed by atoms with Gasteiger partial charge in [-0.3, -0.25) is 19.3 Å². The largest absolute Gasteiger partial charge is 0.362 e. The number of nitrogens with one attached hydrogen (secondary N) is 2. The van der Waals surface area contributed by atoms with Crippen LogP contribution in [0.5, 0.6) is 0 Å². The fraction of sp³-hybridized carbons (Fsp3) is 0.591. The van der Waals surface area contributed by atoms with Crippen LogP contribution >= 0.6 is 0 Å². The first-order chi connectivity index (χ1) is 14.5. The van der Waals surface area contributed by atoms with Crippen LogP contribution in [0.4, 0.5) is 5.69 Å². The second kappa shape index (κ2) is 8.63. The molecule has 8 heteroatoms. The van der Waals surface area contributed by atoms with E-state index in [1.165, 1.54) is 0 Å². The van der Waals surface area contributed by atoms with Crippen molar-refractivity contribution in [1.82, 2.24) is 20.0 Å². The summed E-state index contributed by atoms with van der Waals surface area (Å²) in [4.78, 5) is 44.0. The zero-order valence-electron chi connectivity index (χ0n) is 17.7. The predicted octanol–water partition coefficient (Wildman–Crippen LogP) is 1.10. The molecule has 2 fully saturated rings. The van der Waals surface area contributed by atoms with E-state index in [2.05, 4.69) is 22.5 Å². The van der Waals surface area contributed by atoms with Crippen LogP contribution in [-0.2, 0) is 9.59 Å². The van der Waals surface area contributed by atoms with Gasteiger partial charge in [0, 0.05) is 51.3 Å². The molecule has 8 nitrogen and oxygen atoms in total. The highest BCUT2D eigenvalue weighted by Crippen LogP contribution is 2.31. The topological polar surface area (TPSA) is 85.0 Å². The summed E-state index contributed by atoms with van der Waals surface area (Å²) >= 11 is 0. The third-order valence-electron chi connectivity index (χ3n) is 6.42. The maximum atomic E-state index is 12.8. The number of rotatable bonds is 4. The van der Waals surface area contributed by atoms with Crippen LogP contribution in [0, 0.1) is 0 Å². The quantitative estimate of drug-likeness (QED) is 0.772. The van der Waals surface area contributed by atoms with Gasteiger partial charge in [0.1, 0.15) is 5.66 Å². The van der Waals surface area contributed by atoms with Crippen LogP contribution in [0.3, 0.4) is 0 Å². The molecule has 0 saturated carbocycles. The molecular weight excluding hydrogens is 382 g/mol. The summed E-state index contributed by atoms with van der Waals surface area (Å²) < 4.78 is 0. The van der Waals surface area contributed by atoms with E-state index in [1.54, 1.807) is 11.0 Å². The van der Waals surface area contributed by atoms with Gasteiger partial charge < -0.3 is 20.4 Å². The molecule has 2 saturated heterocycles. The number of anilines is 1. The lowest BCUT2D eigenvalue weighted by Crippen LogP contribution is -2.58. The summed E-state index contributed by atoms with van der Waals surface area (Å²) in [6.07, 6.45) is 2.49. The molecule has 3 aliphatic rings. The minimum absolute atomic E-state index is 0.0152. The Kier molecular flexibility index (Phi) is 5.94. The van der Waals surface area contributed by atoms with Crippen LogP contribution < -0.4 is 10.6 Å². The lowest BCUT2D eigenvalue weighted by molar-refractivity contribution is -0.141. The standard InChI is InChI=1S/C22H31N5O3/c1-2-10-25-12-14-26(15-13-25)20(29)16-27-11-9-22(8-7-19(27)28)23-18-6-4-3-5-17(18)21(30)24-22/h3-6,23H,2,7-16H2,1H3,(H,24,30). The van der Waals surface area contributed by atoms with E-state index in [1.807, 2.05) is 23.1 Å². The number of carbonyl (C=O) groups is 3. The molecule has 3 amide bonds. The Balaban J connectivity index is 1.37. The van der Waals surface area contributed by atoms with Gasteiger partial charge >= 0.3 is 0 Å². The SMILES string of the molecule is CCCN1CCN(C(=O)CN2CCC3(CCC2=O)NC(=O)c2ccccc2N3)CC1. The molecule has 3 heterocycles. The molecule has 1 atom stereocenters. The summed E-state index contributed by atoms with van der Waals surface area (Å²) in [5.41, 5.74) is 0.765. The molecule has 0 bridgehead atoms. The molecular formula is C22H31N5O3. The molecule has 0 radical (unpaired) electrons. The predicted molar refractivity (Wildman–Crippen MR) is 114 cm³/mol. The van der Waals surface area contributed by atoms with Crippen molar-refractivity contribution < 1.29 is 14.4 Å².